The van der Waals surface area contributed by atoms with Gasteiger partial charge in [0.15, 0.2) is 0 Å². The predicted molar refractivity (Wildman–Crippen MR) is 45.8 cm³/mol. The molecule has 7 heteroatoms. The number of ether oxygens (including phenoxy) is 1. The van der Waals surface area contributed by atoms with Crippen molar-refractivity contribution < 1.29 is 22.1 Å². The van der Waals surface area contributed by atoms with Crippen molar-refractivity contribution in [2.75, 3.05) is 20.0 Å². The molecular weight excluding hydrogens is 198 g/mol. The van der Waals surface area contributed by atoms with Crippen molar-refractivity contribution in [3.05, 3.63) is 0 Å². The fourth-order valence-corrected chi connectivity index (χ4v) is 0.979. The van der Waals surface area contributed by atoms with E-state index < -0.39 is 22.3 Å². The molecule has 0 aliphatic rings. The van der Waals surface area contributed by atoms with Crippen molar-refractivity contribution in [1.82, 2.24) is 5.32 Å². The highest BCUT2D eigenvalue weighted by atomic mass is 32.2. The normalized spacial score (nSPS) is 13.5. The Hall–Kier alpha value is -0.820. The van der Waals surface area contributed by atoms with Gasteiger partial charge < -0.3 is 10.1 Å². The molecule has 0 rings (SSSR count). The average molecular weight is 211 g/mol. The first-order valence-corrected chi connectivity index (χ1v) is 5.35. The Morgan fingerprint density at radius 3 is 2.46 bits per heavy atom. The van der Waals surface area contributed by atoms with Crippen molar-refractivity contribution in [3.8, 4) is 0 Å². The summed E-state index contributed by atoms with van der Waals surface area (Å²) in [4.78, 5) is 10.6. The summed E-state index contributed by atoms with van der Waals surface area (Å²) in [7, 11) is -2.23. The summed E-state index contributed by atoms with van der Waals surface area (Å²) in [6.45, 7) is 1.50. The topological polar surface area (TPSA) is 81.7 Å². The van der Waals surface area contributed by atoms with E-state index in [1.54, 1.807) is 6.92 Å². The fraction of sp³-hybridized carbons (Fsp3) is 0.833. The van der Waals surface area contributed by atoms with Gasteiger partial charge in [0.05, 0.1) is 26.0 Å². The van der Waals surface area contributed by atoms with Crippen molar-refractivity contribution in [2.45, 2.75) is 13.0 Å². The highest BCUT2D eigenvalue weighted by Crippen LogP contribution is 1.91. The van der Waals surface area contributed by atoms with Crippen molar-refractivity contribution in [3.63, 3.8) is 0 Å². The lowest BCUT2D eigenvalue weighted by atomic mass is 10.4. The minimum atomic E-state index is -3.45. The molecule has 6 nitrogen and oxygen atoms in total. The van der Waals surface area contributed by atoms with E-state index in [2.05, 4.69) is 14.2 Å². The zero-order valence-electron chi connectivity index (χ0n) is 7.73. The Morgan fingerprint density at radius 2 is 2.08 bits per heavy atom. The molecular formula is C6H13NO5S. The van der Waals surface area contributed by atoms with Crippen LogP contribution in [0.3, 0.4) is 0 Å². The van der Waals surface area contributed by atoms with Crippen molar-refractivity contribution in [2.24, 2.45) is 0 Å². The maximum absolute atomic E-state index is 10.6. The highest BCUT2D eigenvalue weighted by molar-refractivity contribution is 7.85. The van der Waals surface area contributed by atoms with Crippen LogP contribution in [0.25, 0.3) is 0 Å². The molecule has 78 valence electrons. The lowest BCUT2D eigenvalue weighted by Crippen LogP contribution is -2.36. The first kappa shape index (κ1) is 12.2. The van der Waals surface area contributed by atoms with Crippen LogP contribution in [0.1, 0.15) is 6.92 Å². The average Bonchev–Trinajstić information content (AvgIpc) is 1.99. The van der Waals surface area contributed by atoms with Gasteiger partial charge in [-0.3, -0.25) is 4.18 Å². The van der Waals surface area contributed by atoms with Gasteiger partial charge in [-0.15, -0.1) is 0 Å². The maximum Gasteiger partial charge on any atom is 0.407 e. The number of carbonyl (C=O) groups excluding carboxylic acids is 1. The molecule has 0 fully saturated rings. The van der Waals surface area contributed by atoms with E-state index in [0.717, 1.165) is 6.26 Å². The third kappa shape index (κ3) is 7.54. The number of nitrogens with one attached hydrogen (secondary N) is 1. The second-order valence-corrected chi connectivity index (χ2v) is 4.17. The molecule has 0 saturated heterocycles. The minimum absolute atomic E-state index is 0.103. The Bertz CT molecular complexity index is 260. The molecule has 1 atom stereocenters. The monoisotopic (exact) mass is 211 g/mol. The summed E-state index contributed by atoms with van der Waals surface area (Å²) in [5.74, 6) is 0. The van der Waals surface area contributed by atoms with Crippen LogP contribution < -0.4 is 5.32 Å². The number of hydrogen-bond donors (Lipinski definition) is 1. The molecule has 0 spiro atoms. The van der Waals surface area contributed by atoms with Gasteiger partial charge in [-0.2, -0.15) is 8.42 Å². The molecule has 1 N–H and O–H groups in total. The number of carbonyl (C=O) groups is 1. The molecule has 0 saturated carbocycles. The smallest absolute Gasteiger partial charge is 0.407 e. The summed E-state index contributed by atoms with van der Waals surface area (Å²) in [5.41, 5.74) is 0. The molecule has 1 amide bonds. The summed E-state index contributed by atoms with van der Waals surface area (Å²) in [5, 5.41) is 2.35. The molecule has 0 heterocycles. The summed E-state index contributed by atoms with van der Waals surface area (Å²) in [6.07, 6.45) is 0.322. The number of rotatable bonds is 4. The standard InChI is InChI=1S/C6H13NO5S/c1-5(7-6(8)11-2)4-12-13(3,9)10/h5H,4H2,1-3H3,(H,7,8)/t5-/m0/s1. The fourth-order valence-electron chi connectivity index (χ4n) is 0.527. The second kappa shape index (κ2) is 5.03. The zero-order valence-corrected chi connectivity index (χ0v) is 8.55. The number of hydrogen-bond acceptors (Lipinski definition) is 5. The van der Waals surface area contributed by atoms with Crippen molar-refractivity contribution in [1.29, 1.82) is 0 Å². The highest BCUT2D eigenvalue weighted by Gasteiger charge is 2.10. The van der Waals surface area contributed by atoms with E-state index in [0.29, 0.717) is 0 Å². The lowest BCUT2D eigenvalue weighted by molar-refractivity contribution is 0.162. The van der Waals surface area contributed by atoms with E-state index in [4.69, 9.17) is 0 Å². The number of amides is 1. The van der Waals surface area contributed by atoms with Gasteiger partial charge in [0, 0.05) is 0 Å². The van der Waals surface area contributed by atoms with E-state index >= 15 is 0 Å². The third-order valence-electron chi connectivity index (χ3n) is 1.08. The summed E-state index contributed by atoms with van der Waals surface area (Å²) < 4.78 is 29.8. The van der Waals surface area contributed by atoms with Gasteiger partial charge in [-0.25, -0.2) is 4.79 Å². The van der Waals surface area contributed by atoms with Crippen LogP contribution in [0, 0.1) is 0 Å². The molecule has 0 radical (unpaired) electrons. The first-order valence-electron chi connectivity index (χ1n) is 3.54. The second-order valence-electron chi connectivity index (χ2n) is 2.53. The Morgan fingerprint density at radius 1 is 1.54 bits per heavy atom. The van der Waals surface area contributed by atoms with Crippen LogP contribution in [-0.4, -0.2) is 40.5 Å². The largest absolute Gasteiger partial charge is 0.453 e. The van der Waals surface area contributed by atoms with Gasteiger partial charge in [0.2, 0.25) is 0 Å². The molecule has 0 aliphatic heterocycles. The third-order valence-corrected chi connectivity index (χ3v) is 1.65. The van der Waals surface area contributed by atoms with Crippen LogP contribution >= 0.6 is 0 Å². The number of methoxy groups -OCH3 is 1. The SMILES string of the molecule is COC(=O)N[C@@H](C)COS(C)(=O)=O. The molecule has 0 bridgehead atoms. The van der Waals surface area contributed by atoms with Gasteiger partial charge in [0.25, 0.3) is 10.1 Å². The Kier molecular flexibility index (Phi) is 4.71. The maximum atomic E-state index is 10.6. The molecule has 0 unspecified atom stereocenters. The van der Waals surface area contributed by atoms with Crippen LogP contribution in [0.15, 0.2) is 0 Å². The van der Waals surface area contributed by atoms with E-state index in [1.807, 2.05) is 0 Å². The molecule has 0 aromatic rings. The van der Waals surface area contributed by atoms with Gasteiger partial charge in [-0.1, -0.05) is 0 Å². The van der Waals surface area contributed by atoms with E-state index in [9.17, 15) is 13.2 Å². The van der Waals surface area contributed by atoms with E-state index in [-0.39, 0.29) is 6.61 Å². The zero-order chi connectivity index (χ0) is 10.5. The number of alkyl carbamates (subject to hydrolysis) is 1. The molecule has 0 aromatic heterocycles. The van der Waals surface area contributed by atoms with Gasteiger partial charge in [-0.05, 0) is 6.92 Å². The molecule has 13 heavy (non-hydrogen) atoms. The van der Waals surface area contributed by atoms with Crippen LogP contribution in [0.2, 0.25) is 0 Å². The quantitative estimate of drug-likeness (QED) is 0.646. The first-order chi connectivity index (χ1) is 5.85. The van der Waals surface area contributed by atoms with Gasteiger partial charge >= 0.3 is 6.09 Å². The Labute approximate surface area is 77.3 Å². The van der Waals surface area contributed by atoms with E-state index in [1.165, 1.54) is 7.11 Å². The van der Waals surface area contributed by atoms with Crippen LogP contribution in [0.4, 0.5) is 4.79 Å². The summed E-state index contributed by atoms with van der Waals surface area (Å²) >= 11 is 0. The van der Waals surface area contributed by atoms with Crippen LogP contribution in [-0.2, 0) is 19.0 Å². The Balaban J connectivity index is 3.76. The van der Waals surface area contributed by atoms with Crippen molar-refractivity contribution >= 4 is 16.2 Å². The summed E-state index contributed by atoms with van der Waals surface area (Å²) in [6, 6.07) is -0.415. The lowest BCUT2D eigenvalue weighted by Gasteiger charge is -2.11. The minimum Gasteiger partial charge on any atom is -0.453 e. The van der Waals surface area contributed by atoms with Gasteiger partial charge in [0.1, 0.15) is 0 Å². The molecule has 0 aliphatic carbocycles. The van der Waals surface area contributed by atoms with Crippen LogP contribution in [0.5, 0.6) is 0 Å². The predicted octanol–water partition coefficient (Wildman–Crippen LogP) is -0.293. The molecule has 0 aromatic carbocycles.